The third-order valence-corrected chi connectivity index (χ3v) is 4.96. The van der Waals surface area contributed by atoms with Crippen molar-refractivity contribution in [2.45, 2.75) is 10.9 Å². The minimum absolute atomic E-state index is 0.0333. The number of nitrogens with one attached hydrogen (secondary N) is 1. The van der Waals surface area contributed by atoms with Crippen LogP contribution in [0.4, 0.5) is 5.69 Å². The Labute approximate surface area is 154 Å². The van der Waals surface area contributed by atoms with Gasteiger partial charge in [0.1, 0.15) is 10.6 Å². The van der Waals surface area contributed by atoms with E-state index < -0.39 is 10.0 Å². The molecule has 26 heavy (non-hydrogen) atoms. The Bertz CT molecular complexity index is 920. The number of hydrogen-bond donors (Lipinski definition) is 2. The average molecular weight is 374 g/mol. The maximum atomic E-state index is 11.9. The summed E-state index contributed by atoms with van der Waals surface area (Å²) in [5.41, 5.74) is 1.62. The summed E-state index contributed by atoms with van der Waals surface area (Å²) < 4.78 is 29.0. The van der Waals surface area contributed by atoms with Crippen LogP contribution in [0.3, 0.4) is 0 Å². The van der Waals surface area contributed by atoms with Crippen molar-refractivity contribution in [3.05, 3.63) is 53.6 Å². The molecule has 8 heteroatoms. The van der Waals surface area contributed by atoms with Gasteiger partial charge in [0.05, 0.1) is 30.5 Å². The number of methoxy groups -OCH3 is 1. The molecule has 1 unspecified atom stereocenters. The summed E-state index contributed by atoms with van der Waals surface area (Å²) in [5, 5.41) is 17.4. The minimum Gasteiger partial charge on any atom is -0.497 e. The van der Waals surface area contributed by atoms with Gasteiger partial charge in [-0.3, -0.25) is 0 Å². The lowest BCUT2D eigenvalue weighted by atomic mass is 10.1. The molecular weight excluding hydrogens is 352 g/mol. The SMILES string of the molecule is COc1cccc(C(CNc2ccc(C#N)cc2S(N)(=O)=O)N(C)C)c1. The number of nitrogens with zero attached hydrogens (tertiary/aromatic N) is 2. The third-order valence-electron chi connectivity index (χ3n) is 4.01. The second kappa shape index (κ2) is 8.19. The standard InChI is InChI=1S/C18H22N4O3S/c1-22(2)17(14-5-4-6-15(10-14)25-3)12-21-16-8-7-13(11-19)9-18(16)26(20,23)24/h4-10,17,21H,12H2,1-3H3,(H2,20,23,24). The number of nitriles is 1. The molecule has 0 aliphatic carbocycles. The van der Waals surface area contributed by atoms with Crippen LogP contribution in [0.2, 0.25) is 0 Å². The number of nitrogens with two attached hydrogens (primary N) is 1. The summed E-state index contributed by atoms with van der Waals surface area (Å²) in [5.74, 6) is 0.748. The highest BCUT2D eigenvalue weighted by atomic mass is 32.2. The molecule has 2 aromatic rings. The molecule has 0 aliphatic heterocycles. The Morgan fingerprint density at radius 3 is 2.58 bits per heavy atom. The number of primary sulfonamides is 1. The van der Waals surface area contributed by atoms with Crippen molar-refractivity contribution in [3.63, 3.8) is 0 Å². The Hall–Kier alpha value is -2.60. The van der Waals surface area contributed by atoms with E-state index in [0.29, 0.717) is 12.2 Å². The van der Waals surface area contributed by atoms with Crippen LogP contribution < -0.4 is 15.2 Å². The largest absolute Gasteiger partial charge is 0.497 e. The number of anilines is 1. The zero-order valence-corrected chi connectivity index (χ0v) is 15.7. The van der Waals surface area contributed by atoms with Crippen molar-refractivity contribution in [2.75, 3.05) is 33.1 Å². The van der Waals surface area contributed by atoms with Gasteiger partial charge in [0.2, 0.25) is 10.0 Å². The van der Waals surface area contributed by atoms with Gasteiger partial charge in [-0.2, -0.15) is 5.26 Å². The highest BCUT2D eigenvalue weighted by Gasteiger charge is 2.18. The van der Waals surface area contributed by atoms with E-state index in [1.807, 2.05) is 49.3 Å². The van der Waals surface area contributed by atoms with Crippen LogP contribution in [0.25, 0.3) is 0 Å². The van der Waals surface area contributed by atoms with Crippen LogP contribution in [-0.4, -0.2) is 41.1 Å². The fourth-order valence-electron chi connectivity index (χ4n) is 2.63. The predicted octanol–water partition coefficient (Wildman–Crippen LogP) is 1.93. The maximum absolute atomic E-state index is 11.9. The Morgan fingerprint density at radius 1 is 1.27 bits per heavy atom. The molecule has 0 saturated carbocycles. The molecule has 0 spiro atoms. The first-order chi connectivity index (χ1) is 12.3. The van der Waals surface area contributed by atoms with Gasteiger partial charge in [0.25, 0.3) is 0 Å². The second-order valence-electron chi connectivity index (χ2n) is 6.00. The van der Waals surface area contributed by atoms with E-state index in [1.54, 1.807) is 19.2 Å². The van der Waals surface area contributed by atoms with Crippen LogP contribution in [0.1, 0.15) is 17.2 Å². The molecule has 0 bridgehead atoms. The van der Waals surface area contributed by atoms with E-state index in [2.05, 4.69) is 5.32 Å². The maximum Gasteiger partial charge on any atom is 0.240 e. The second-order valence-corrected chi connectivity index (χ2v) is 7.53. The molecule has 7 nitrogen and oxygen atoms in total. The van der Waals surface area contributed by atoms with Crippen LogP contribution in [0.15, 0.2) is 47.4 Å². The number of benzene rings is 2. The van der Waals surface area contributed by atoms with Crippen molar-refractivity contribution in [1.82, 2.24) is 4.90 Å². The van der Waals surface area contributed by atoms with Gasteiger partial charge in [-0.05, 0) is 50.0 Å². The van der Waals surface area contributed by atoms with E-state index in [0.717, 1.165) is 11.3 Å². The number of rotatable bonds is 7. The first-order valence-corrected chi connectivity index (χ1v) is 9.42. The molecule has 0 heterocycles. The van der Waals surface area contributed by atoms with E-state index >= 15 is 0 Å². The highest BCUT2D eigenvalue weighted by molar-refractivity contribution is 7.89. The van der Waals surface area contributed by atoms with Gasteiger partial charge in [0.15, 0.2) is 0 Å². The lowest BCUT2D eigenvalue weighted by molar-refractivity contribution is 0.310. The van der Waals surface area contributed by atoms with E-state index in [4.69, 9.17) is 15.1 Å². The van der Waals surface area contributed by atoms with Crippen LogP contribution in [0.5, 0.6) is 5.75 Å². The van der Waals surface area contributed by atoms with Gasteiger partial charge in [0, 0.05) is 6.54 Å². The summed E-state index contributed by atoms with van der Waals surface area (Å²) in [4.78, 5) is 1.92. The highest BCUT2D eigenvalue weighted by Crippen LogP contribution is 2.26. The molecule has 138 valence electrons. The Morgan fingerprint density at radius 2 is 2.00 bits per heavy atom. The molecule has 2 aromatic carbocycles. The average Bonchev–Trinajstić information content (AvgIpc) is 2.61. The molecule has 1 atom stereocenters. The van der Waals surface area contributed by atoms with E-state index in [9.17, 15) is 8.42 Å². The van der Waals surface area contributed by atoms with E-state index in [1.165, 1.54) is 6.07 Å². The summed E-state index contributed by atoms with van der Waals surface area (Å²) in [6.45, 7) is 0.439. The van der Waals surface area contributed by atoms with Crippen LogP contribution in [-0.2, 0) is 10.0 Å². The van der Waals surface area contributed by atoms with Crippen molar-refractivity contribution < 1.29 is 13.2 Å². The minimum atomic E-state index is -3.96. The van der Waals surface area contributed by atoms with Gasteiger partial charge in [-0.25, -0.2) is 13.6 Å². The monoisotopic (exact) mass is 374 g/mol. The van der Waals surface area contributed by atoms with Gasteiger partial charge in [-0.1, -0.05) is 12.1 Å². The number of hydrogen-bond acceptors (Lipinski definition) is 6. The topological polar surface area (TPSA) is 108 Å². The number of ether oxygens (including phenoxy) is 1. The molecule has 2 rings (SSSR count). The Balaban J connectivity index is 2.31. The predicted molar refractivity (Wildman–Crippen MR) is 100 cm³/mol. The first-order valence-electron chi connectivity index (χ1n) is 7.87. The zero-order chi connectivity index (χ0) is 19.3. The van der Waals surface area contributed by atoms with Crippen molar-refractivity contribution >= 4 is 15.7 Å². The van der Waals surface area contributed by atoms with Crippen molar-refractivity contribution in [1.29, 1.82) is 5.26 Å². The van der Waals surface area contributed by atoms with Crippen LogP contribution >= 0.6 is 0 Å². The molecule has 0 amide bonds. The summed E-state index contributed by atoms with van der Waals surface area (Å²) >= 11 is 0. The quantitative estimate of drug-likeness (QED) is 0.766. The fraction of sp³-hybridized carbons (Fsp3) is 0.278. The molecular formula is C18H22N4O3S. The molecule has 0 fully saturated rings. The summed E-state index contributed by atoms with van der Waals surface area (Å²) in [7, 11) is 1.52. The summed E-state index contributed by atoms with van der Waals surface area (Å²) in [6.07, 6.45) is 0. The zero-order valence-electron chi connectivity index (χ0n) is 14.9. The normalized spacial score (nSPS) is 12.5. The van der Waals surface area contributed by atoms with Crippen molar-refractivity contribution in [2.24, 2.45) is 5.14 Å². The van der Waals surface area contributed by atoms with Gasteiger partial charge < -0.3 is 15.0 Å². The molecule has 0 radical (unpaired) electrons. The molecule has 0 saturated heterocycles. The van der Waals surface area contributed by atoms with Crippen molar-refractivity contribution in [3.8, 4) is 11.8 Å². The molecule has 0 aliphatic rings. The number of likely N-dealkylation sites (N-methyl/N-ethyl adjacent to an activating group) is 1. The lowest BCUT2D eigenvalue weighted by Gasteiger charge is -2.26. The summed E-state index contributed by atoms with van der Waals surface area (Å²) in [6, 6.07) is 13.9. The van der Waals surface area contributed by atoms with E-state index in [-0.39, 0.29) is 16.5 Å². The number of sulfonamides is 1. The van der Waals surface area contributed by atoms with Crippen LogP contribution in [0, 0.1) is 11.3 Å². The fourth-order valence-corrected chi connectivity index (χ4v) is 3.37. The van der Waals surface area contributed by atoms with Gasteiger partial charge >= 0.3 is 0 Å². The molecule has 0 aromatic heterocycles. The Kier molecular flexibility index (Phi) is 6.21. The lowest BCUT2D eigenvalue weighted by Crippen LogP contribution is -2.27. The first kappa shape index (κ1) is 19.7. The van der Waals surface area contributed by atoms with Gasteiger partial charge in [-0.15, -0.1) is 0 Å². The molecule has 3 N–H and O–H groups in total. The third kappa shape index (κ3) is 4.73. The smallest absolute Gasteiger partial charge is 0.240 e.